The van der Waals surface area contributed by atoms with E-state index >= 15 is 0 Å². The van der Waals surface area contributed by atoms with Crippen LogP contribution in [0, 0.1) is 11.8 Å². The molecule has 2 heteroatoms. The van der Waals surface area contributed by atoms with E-state index in [9.17, 15) is 0 Å². The van der Waals surface area contributed by atoms with Gasteiger partial charge in [0.2, 0.25) is 0 Å². The zero-order chi connectivity index (χ0) is 10.7. The van der Waals surface area contributed by atoms with Crippen molar-refractivity contribution in [2.45, 2.75) is 38.0 Å². The molecule has 2 N–H and O–H groups in total. The van der Waals surface area contributed by atoms with Crippen LogP contribution in [0.5, 0.6) is 0 Å². The molecule has 0 unspecified atom stereocenters. The van der Waals surface area contributed by atoms with E-state index in [1.807, 2.05) is 0 Å². The van der Waals surface area contributed by atoms with Gasteiger partial charge < -0.3 is 5.73 Å². The summed E-state index contributed by atoms with van der Waals surface area (Å²) in [5.74, 6) is 1.88. The van der Waals surface area contributed by atoms with Gasteiger partial charge in [-0.2, -0.15) is 0 Å². The van der Waals surface area contributed by atoms with E-state index in [2.05, 4.69) is 29.2 Å². The Balaban J connectivity index is 1.59. The van der Waals surface area contributed by atoms with Crippen molar-refractivity contribution in [3.63, 3.8) is 0 Å². The number of fused-ring (bicyclic) bond motifs is 2. The maximum Gasteiger partial charge on any atom is 0.0285 e. The van der Waals surface area contributed by atoms with Gasteiger partial charge in [0.25, 0.3) is 0 Å². The van der Waals surface area contributed by atoms with Crippen molar-refractivity contribution in [2.75, 3.05) is 0 Å². The Bertz CT molecular complexity index is 401. The van der Waals surface area contributed by atoms with E-state index in [1.165, 1.54) is 24.0 Å². The average Bonchev–Trinajstić information content (AvgIpc) is 2.76. The molecule has 4 atom stereocenters. The summed E-state index contributed by atoms with van der Waals surface area (Å²) in [5, 5.41) is 0. The van der Waals surface area contributed by atoms with Crippen LogP contribution in [-0.4, -0.2) is 17.0 Å². The number of hydrogen-bond donors (Lipinski definition) is 1. The molecule has 0 aromatic heterocycles. The van der Waals surface area contributed by atoms with Gasteiger partial charge in [-0.1, -0.05) is 24.3 Å². The Hall–Kier alpha value is -0.860. The highest BCUT2D eigenvalue weighted by Gasteiger charge is 2.54. The van der Waals surface area contributed by atoms with Crippen LogP contribution in [0.1, 0.15) is 24.0 Å². The minimum absolute atomic E-state index is 0.429. The van der Waals surface area contributed by atoms with E-state index < -0.39 is 0 Å². The monoisotopic (exact) mass is 214 g/mol. The SMILES string of the molecule is N[C@H]1C[C@@H]2C[C@@H]2[C@H]1N1Cc2ccccc2C1. The molecular weight excluding hydrogens is 196 g/mol. The first-order valence-electron chi connectivity index (χ1n) is 6.39. The summed E-state index contributed by atoms with van der Waals surface area (Å²) in [6.45, 7) is 2.25. The average molecular weight is 214 g/mol. The van der Waals surface area contributed by atoms with Crippen LogP contribution >= 0.6 is 0 Å². The van der Waals surface area contributed by atoms with Crippen LogP contribution in [0.4, 0.5) is 0 Å². The lowest BCUT2D eigenvalue weighted by molar-refractivity contribution is 0.167. The number of benzene rings is 1. The smallest absolute Gasteiger partial charge is 0.0285 e. The largest absolute Gasteiger partial charge is 0.326 e. The molecule has 1 heterocycles. The lowest BCUT2D eigenvalue weighted by atomic mass is 10.1. The molecule has 0 amide bonds. The fourth-order valence-electron chi connectivity index (χ4n) is 3.88. The van der Waals surface area contributed by atoms with Crippen molar-refractivity contribution in [1.29, 1.82) is 0 Å². The molecule has 2 aliphatic carbocycles. The maximum absolute atomic E-state index is 6.27. The second-order valence-corrected chi connectivity index (χ2v) is 5.72. The summed E-state index contributed by atoms with van der Waals surface area (Å²) >= 11 is 0. The van der Waals surface area contributed by atoms with E-state index in [1.54, 1.807) is 0 Å². The Labute approximate surface area is 96.4 Å². The summed E-state index contributed by atoms with van der Waals surface area (Å²) in [5.41, 5.74) is 9.30. The van der Waals surface area contributed by atoms with Gasteiger partial charge in [0.15, 0.2) is 0 Å². The minimum Gasteiger partial charge on any atom is -0.326 e. The molecule has 84 valence electrons. The van der Waals surface area contributed by atoms with Crippen LogP contribution in [0.2, 0.25) is 0 Å². The minimum atomic E-state index is 0.429. The second-order valence-electron chi connectivity index (χ2n) is 5.72. The van der Waals surface area contributed by atoms with Gasteiger partial charge in [-0.3, -0.25) is 4.90 Å². The van der Waals surface area contributed by atoms with E-state index in [0.29, 0.717) is 12.1 Å². The summed E-state index contributed by atoms with van der Waals surface area (Å²) < 4.78 is 0. The summed E-state index contributed by atoms with van der Waals surface area (Å²) in [4.78, 5) is 2.62. The molecule has 1 aliphatic heterocycles. The standard InChI is InChI=1S/C14H18N2/c15-13-6-11-5-12(11)14(13)16-7-9-3-1-2-4-10(9)8-16/h1-4,11-14H,5-8,15H2/t11-,12-,13-,14+/m0/s1. The Morgan fingerprint density at radius 3 is 2.31 bits per heavy atom. The van der Waals surface area contributed by atoms with Crippen LogP contribution in [-0.2, 0) is 13.1 Å². The number of nitrogens with zero attached hydrogens (tertiary/aromatic N) is 1. The number of nitrogens with two attached hydrogens (primary N) is 1. The van der Waals surface area contributed by atoms with E-state index in [-0.39, 0.29) is 0 Å². The lowest BCUT2D eigenvalue weighted by Gasteiger charge is -2.29. The van der Waals surface area contributed by atoms with Gasteiger partial charge in [0.1, 0.15) is 0 Å². The van der Waals surface area contributed by atoms with Crippen LogP contribution in [0.15, 0.2) is 24.3 Å². The zero-order valence-corrected chi connectivity index (χ0v) is 9.47. The summed E-state index contributed by atoms with van der Waals surface area (Å²) in [6.07, 6.45) is 2.70. The predicted molar refractivity (Wildman–Crippen MR) is 63.7 cm³/mol. The molecule has 0 bridgehead atoms. The molecule has 16 heavy (non-hydrogen) atoms. The normalized spacial score (nSPS) is 40.8. The first-order chi connectivity index (χ1) is 7.83. The molecule has 0 spiro atoms. The van der Waals surface area contributed by atoms with Gasteiger partial charge in [0, 0.05) is 25.2 Å². The number of rotatable bonds is 1. The maximum atomic E-state index is 6.27. The summed E-state index contributed by atoms with van der Waals surface area (Å²) in [7, 11) is 0. The molecule has 0 radical (unpaired) electrons. The highest BCUT2D eigenvalue weighted by molar-refractivity contribution is 5.31. The molecule has 3 aliphatic rings. The molecule has 1 aromatic rings. The fraction of sp³-hybridized carbons (Fsp3) is 0.571. The Kier molecular flexibility index (Phi) is 1.77. The molecule has 2 nitrogen and oxygen atoms in total. The second kappa shape index (κ2) is 3.08. The lowest BCUT2D eigenvalue weighted by Crippen LogP contribution is -2.44. The zero-order valence-electron chi connectivity index (χ0n) is 9.47. The Morgan fingerprint density at radius 1 is 1.06 bits per heavy atom. The van der Waals surface area contributed by atoms with E-state index in [0.717, 1.165) is 24.9 Å². The van der Waals surface area contributed by atoms with Gasteiger partial charge >= 0.3 is 0 Å². The third kappa shape index (κ3) is 1.20. The molecule has 2 fully saturated rings. The quantitative estimate of drug-likeness (QED) is 0.771. The van der Waals surface area contributed by atoms with Crippen molar-refractivity contribution >= 4 is 0 Å². The predicted octanol–water partition coefficient (Wildman–Crippen LogP) is 1.74. The third-order valence-electron chi connectivity index (χ3n) is 4.72. The first-order valence-corrected chi connectivity index (χ1v) is 6.39. The molecule has 0 saturated heterocycles. The fourth-order valence-corrected chi connectivity index (χ4v) is 3.88. The van der Waals surface area contributed by atoms with Gasteiger partial charge in [0.05, 0.1) is 0 Å². The molecule has 2 saturated carbocycles. The van der Waals surface area contributed by atoms with Gasteiger partial charge in [-0.05, 0) is 35.8 Å². The van der Waals surface area contributed by atoms with Crippen molar-refractivity contribution in [3.05, 3.63) is 35.4 Å². The first kappa shape index (κ1) is 9.20. The molecule has 1 aromatic carbocycles. The van der Waals surface area contributed by atoms with Gasteiger partial charge in [-0.25, -0.2) is 0 Å². The van der Waals surface area contributed by atoms with Crippen molar-refractivity contribution < 1.29 is 0 Å². The summed E-state index contributed by atoms with van der Waals surface area (Å²) in [6, 6.07) is 9.92. The van der Waals surface area contributed by atoms with Crippen molar-refractivity contribution in [2.24, 2.45) is 17.6 Å². The molecular formula is C14H18N2. The van der Waals surface area contributed by atoms with Gasteiger partial charge in [-0.15, -0.1) is 0 Å². The third-order valence-corrected chi connectivity index (χ3v) is 4.72. The van der Waals surface area contributed by atoms with E-state index in [4.69, 9.17) is 5.73 Å². The van der Waals surface area contributed by atoms with Crippen molar-refractivity contribution in [1.82, 2.24) is 4.90 Å². The highest BCUT2D eigenvalue weighted by atomic mass is 15.2. The highest BCUT2D eigenvalue weighted by Crippen LogP contribution is 2.54. The van der Waals surface area contributed by atoms with Crippen LogP contribution in [0.3, 0.4) is 0 Å². The topological polar surface area (TPSA) is 29.3 Å². The van der Waals surface area contributed by atoms with Crippen molar-refractivity contribution in [3.8, 4) is 0 Å². The van der Waals surface area contributed by atoms with Crippen LogP contribution in [0.25, 0.3) is 0 Å². The van der Waals surface area contributed by atoms with Crippen LogP contribution < -0.4 is 5.73 Å². The number of hydrogen-bond acceptors (Lipinski definition) is 2. The molecule has 4 rings (SSSR count). The Morgan fingerprint density at radius 2 is 1.75 bits per heavy atom.